The maximum Gasteiger partial charge on any atom is 0.242 e. The van der Waals surface area contributed by atoms with Gasteiger partial charge in [0.1, 0.15) is 11.8 Å². The number of nitrogens with zero attached hydrogens (tertiary/aromatic N) is 1. The first-order valence-corrected chi connectivity index (χ1v) is 10.4. The topological polar surface area (TPSA) is 106 Å². The fourth-order valence-electron chi connectivity index (χ4n) is 3.68. The highest BCUT2D eigenvalue weighted by atomic mass is 16.7. The zero-order valence-corrected chi connectivity index (χ0v) is 17.9. The van der Waals surface area contributed by atoms with Crippen LogP contribution in [0.3, 0.4) is 0 Å². The summed E-state index contributed by atoms with van der Waals surface area (Å²) < 4.78 is 15.7. The largest absolute Gasteiger partial charge is 0.497 e. The number of benzene rings is 2. The number of nitrogens with one attached hydrogen (secondary N) is 2. The summed E-state index contributed by atoms with van der Waals surface area (Å²) in [5.74, 6) is 0.729. The van der Waals surface area contributed by atoms with E-state index >= 15 is 0 Å². The van der Waals surface area contributed by atoms with Gasteiger partial charge in [-0.25, -0.2) is 0 Å². The van der Waals surface area contributed by atoms with Crippen molar-refractivity contribution in [1.82, 2.24) is 10.6 Å². The summed E-state index contributed by atoms with van der Waals surface area (Å²) >= 11 is 0. The smallest absolute Gasteiger partial charge is 0.242 e. The maximum absolute atomic E-state index is 12.7. The number of fused-ring (bicyclic) bond motifs is 1. The van der Waals surface area contributed by atoms with Crippen LogP contribution in [0.15, 0.2) is 42.5 Å². The highest BCUT2D eigenvalue weighted by Gasteiger charge is 2.36. The lowest BCUT2D eigenvalue weighted by Gasteiger charge is -2.18. The molecule has 168 valence electrons. The summed E-state index contributed by atoms with van der Waals surface area (Å²) in [6.45, 7) is 2.37. The molecule has 2 heterocycles. The van der Waals surface area contributed by atoms with E-state index in [2.05, 4.69) is 10.6 Å². The number of methoxy groups -OCH3 is 1. The first-order chi connectivity index (χ1) is 15.4. The average Bonchev–Trinajstić information content (AvgIpc) is 3.43. The highest BCUT2D eigenvalue weighted by molar-refractivity contribution is 6.01. The summed E-state index contributed by atoms with van der Waals surface area (Å²) in [7, 11) is 1.57. The van der Waals surface area contributed by atoms with Crippen LogP contribution in [-0.4, -0.2) is 44.2 Å². The molecule has 0 unspecified atom stereocenters. The van der Waals surface area contributed by atoms with Crippen LogP contribution in [0.5, 0.6) is 17.2 Å². The molecule has 3 amide bonds. The molecule has 2 aromatic rings. The third-order valence-electron chi connectivity index (χ3n) is 5.54. The Bertz CT molecular complexity index is 1020. The van der Waals surface area contributed by atoms with Crippen molar-refractivity contribution in [3.63, 3.8) is 0 Å². The van der Waals surface area contributed by atoms with E-state index in [9.17, 15) is 14.4 Å². The summed E-state index contributed by atoms with van der Waals surface area (Å²) in [6, 6.07) is 11.8. The van der Waals surface area contributed by atoms with E-state index in [1.807, 2.05) is 12.1 Å². The standard InChI is InChI=1S/C23H25N3O6/c1-14(22(28)24-11-15-3-8-19-20(9-15)32-13-31-19)25-23(29)16-10-21(27)26(12-16)17-4-6-18(30-2)7-5-17/h3-9,14,16H,10-13H2,1-2H3,(H,24,28)(H,25,29)/t14-,16-/m1/s1. The molecule has 9 heteroatoms. The molecule has 0 aliphatic carbocycles. The first-order valence-electron chi connectivity index (χ1n) is 10.4. The molecule has 0 aromatic heterocycles. The Morgan fingerprint density at radius 1 is 1.16 bits per heavy atom. The Labute approximate surface area is 185 Å². The third kappa shape index (κ3) is 4.61. The second-order valence-electron chi connectivity index (χ2n) is 7.74. The number of anilines is 1. The lowest BCUT2D eigenvalue weighted by Crippen LogP contribution is -2.46. The van der Waals surface area contributed by atoms with Gasteiger partial charge in [0, 0.05) is 25.2 Å². The van der Waals surface area contributed by atoms with Crippen LogP contribution in [0, 0.1) is 5.92 Å². The van der Waals surface area contributed by atoms with Gasteiger partial charge in [-0.15, -0.1) is 0 Å². The van der Waals surface area contributed by atoms with Crippen molar-refractivity contribution in [2.45, 2.75) is 25.9 Å². The quantitative estimate of drug-likeness (QED) is 0.679. The van der Waals surface area contributed by atoms with Gasteiger partial charge in [0.15, 0.2) is 11.5 Å². The Balaban J connectivity index is 1.28. The van der Waals surface area contributed by atoms with E-state index in [1.165, 1.54) is 0 Å². The van der Waals surface area contributed by atoms with Gasteiger partial charge in [-0.3, -0.25) is 14.4 Å². The van der Waals surface area contributed by atoms with Crippen LogP contribution < -0.4 is 29.7 Å². The average molecular weight is 439 g/mol. The predicted molar refractivity (Wildman–Crippen MR) is 115 cm³/mol. The molecule has 2 aromatic carbocycles. The van der Waals surface area contributed by atoms with Crippen molar-refractivity contribution >= 4 is 23.4 Å². The van der Waals surface area contributed by atoms with Gasteiger partial charge in [0.25, 0.3) is 0 Å². The van der Waals surface area contributed by atoms with Gasteiger partial charge in [-0.1, -0.05) is 6.07 Å². The number of hydrogen-bond donors (Lipinski definition) is 2. The molecule has 9 nitrogen and oxygen atoms in total. The summed E-state index contributed by atoms with van der Waals surface area (Å²) in [5, 5.41) is 5.52. The predicted octanol–water partition coefficient (Wildman–Crippen LogP) is 1.60. The van der Waals surface area contributed by atoms with Crippen molar-refractivity contribution < 1.29 is 28.6 Å². The van der Waals surface area contributed by atoms with Crippen molar-refractivity contribution in [2.75, 3.05) is 25.3 Å². The van der Waals surface area contributed by atoms with Crippen LogP contribution in [0.4, 0.5) is 5.69 Å². The number of hydrogen-bond acceptors (Lipinski definition) is 6. The Hall–Kier alpha value is -3.75. The van der Waals surface area contributed by atoms with Gasteiger partial charge in [0.2, 0.25) is 24.5 Å². The van der Waals surface area contributed by atoms with Gasteiger partial charge in [0.05, 0.1) is 13.0 Å². The van der Waals surface area contributed by atoms with Crippen LogP contribution in [0.2, 0.25) is 0 Å². The van der Waals surface area contributed by atoms with E-state index in [1.54, 1.807) is 49.3 Å². The first kappa shape index (κ1) is 21.5. The summed E-state index contributed by atoms with van der Waals surface area (Å²) in [5.41, 5.74) is 1.57. The molecule has 0 bridgehead atoms. The minimum Gasteiger partial charge on any atom is -0.497 e. The molecule has 1 fully saturated rings. The summed E-state index contributed by atoms with van der Waals surface area (Å²) in [6.07, 6.45) is 0.101. The van der Waals surface area contributed by atoms with E-state index in [0.29, 0.717) is 29.5 Å². The number of rotatable bonds is 7. The van der Waals surface area contributed by atoms with E-state index in [0.717, 1.165) is 5.56 Å². The monoisotopic (exact) mass is 439 g/mol. The zero-order chi connectivity index (χ0) is 22.7. The van der Waals surface area contributed by atoms with E-state index < -0.39 is 12.0 Å². The molecule has 0 spiro atoms. The third-order valence-corrected chi connectivity index (χ3v) is 5.54. The minimum absolute atomic E-state index is 0.101. The minimum atomic E-state index is -0.735. The zero-order valence-electron chi connectivity index (χ0n) is 17.9. The fraction of sp³-hybridized carbons (Fsp3) is 0.348. The van der Waals surface area contributed by atoms with Crippen molar-refractivity contribution in [3.05, 3.63) is 48.0 Å². The number of carbonyl (C=O) groups is 3. The Morgan fingerprint density at radius 3 is 2.66 bits per heavy atom. The maximum atomic E-state index is 12.7. The van der Waals surface area contributed by atoms with Gasteiger partial charge >= 0.3 is 0 Å². The molecule has 0 radical (unpaired) electrons. The van der Waals surface area contributed by atoms with Gasteiger partial charge < -0.3 is 29.7 Å². The molecule has 2 aliphatic rings. The molecule has 32 heavy (non-hydrogen) atoms. The molecular weight excluding hydrogens is 414 g/mol. The Morgan fingerprint density at radius 2 is 1.91 bits per heavy atom. The Kier molecular flexibility index (Phi) is 6.16. The van der Waals surface area contributed by atoms with Crippen molar-refractivity contribution in [1.29, 1.82) is 0 Å². The normalized spacial score (nSPS) is 17.8. The van der Waals surface area contributed by atoms with Gasteiger partial charge in [-0.2, -0.15) is 0 Å². The lowest BCUT2D eigenvalue weighted by atomic mass is 10.1. The molecule has 1 saturated heterocycles. The second-order valence-corrected chi connectivity index (χ2v) is 7.74. The van der Waals surface area contributed by atoms with Crippen molar-refractivity contribution in [2.24, 2.45) is 5.92 Å². The van der Waals surface area contributed by atoms with Crippen LogP contribution in [0.1, 0.15) is 18.9 Å². The second kappa shape index (κ2) is 9.17. The van der Waals surface area contributed by atoms with Crippen molar-refractivity contribution in [3.8, 4) is 17.2 Å². The fourth-order valence-corrected chi connectivity index (χ4v) is 3.68. The van der Waals surface area contributed by atoms with Gasteiger partial charge in [-0.05, 0) is 48.9 Å². The van der Waals surface area contributed by atoms with Crippen LogP contribution in [0.25, 0.3) is 0 Å². The van der Waals surface area contributed by atoms with Crippen LogP contribution in [-0.2, 0) is 20.9 Å². The molecule has 2 atom stereocenters. The van der Waals surface area contributed by atoms with E-state index in [-0.39, 0.29) is 37.5 Å². The number of carbonyl (C=O) groups excluding carboxylic acids is 3. The molecule has 0 saturated carbocycles. The number of amides is 3. The molecule has 4 rings (SSSR count). The lowest BCUT2D eigenvalue weighted by molar-refractivity contribution is -0.131. The molecular formula is C23H25N3O6. The number of ether oxygens (including phenoxy) is 3. The van der Waals surface area contributed by atoms with E-state index in [4.69, 9.17) is 14.2 Å². The highest BCUT2D eigenvalue weighted by Crippen LogP contribution is 2.32. The SMILES string of the molecule is COc1ccc(N2C[C@H](C(=O)N[C@H](C)C(=O)NCc3ccc4c(c3)OCO4)CC2=O)cc1. The van der Waals surface area contributed by atoms with Crippen LogP contribution >= 0.6 is 0 Å². The summed E-state index contributed by atoms with van der Waals surface area (Å²) in [4.78, 5) is 39.1. The molecule has 2 N–H and O–H groups in total. The molecule has 2 aliphatic heterocycles.